The number of halogens is 1. The molecule has 0 unspecified atom stereocenters. The molecule has 0 aliphatic rings. The molecule has 0 saturated heterocycles. The highest BCUT2D eigenvalue weighted by Crippen LogP contribution is 2.15. The molecule has 1 aromatic heterocycles. The smallest absolute Gasteiger partial charge is 0.270 e. The van der Waals surface area contributed by atoms with Crippen LogP contribution in [0.4, 0.5) is 16.0 Å². The number of amides is 1. The molecule has 2 N–H and O–H groups in total. The second-order valence-electron chi connectivity index (χ2n) is 6.12. The van der Waals surface area contributed by atoms with E-state index < -0.39 is 0 Å². The molecule has 2 aromatic carbocycles. The molecule has 3 rings (SSSR count). The lowest BCUT2D eigenvalue weighted by Crippen LogP contribution is -2.27. The number of hydrogen-bond acceptors (Lipinski definition) is 5. The summed E-state index contributed by atoms with van der Waals surface area (Å²) >= 11 is 0. The minimum Gasteiger partial charge on any atom is -0.350 e. The van der Waals surface area contributed by atoms with Gasteiger partial charge in [0.2, 0.25) is 5.95 Å². The van der Waals surface area contributed by atoms with Gasteiger partial charge in [0, 0.05) is 24.0 Å². The average molecular weight is 378 g/mol. The van der Waals surface area contributed by atoms with Crippen molar-refractivity contribution in [2.75, 3.05) is 11.9 Å². The fourth-order valence-corrected chi connectivity index (χ4v) is 2.59. The average Bonchev–Trinajstić information content (AvgIpc) is 2.70. The Balaban J connectivity index is 1.62. The summed E-state index contributed by atoms with van der Waals surface area (Å²) in [6.07, 6.45) is 1.85. The summed E-state index contributed by atoms with van der Waals surface area (Å²) in [6.45, 7) is 1.77. The number of aromatic nitrogens is 2. The number of carbonyl (C=O) groups excluding carboxylic acids is 2. The molecule has 0 aliphatic heterocycles. The number of anilines is 2. The molecule has 142 valence electrons. The Morgan fingerprint density at radius 1 is 1.07 bits per heavy atom. The number of nitrogens with zero attached hydrogens (tertiary/aromatic N) is 2. The third-order valence-corrected chi connectivity index (χ3v) is 4.05. The van der Waals surface area contributed by atoms with E-state index in [0.717, 1.165) is 0 Å². The molecule has 6 nitrogen and oxygen atoms in total. The maximum Gasteiger partial charge on any atom is 0.270 e. The molecule has 0 aliphatic carbocycles. The summed E-state index contributed by atoms with van der Waals surface area (Å²) < 4.78 is 13.6. The maximum absolute atomic E-state index is 13.6. The van der Waals surface area contributed by atoms with Crippen LogP contribution in [0.2, 0.25) is 0 Å². The van der Waals surface area contributed by atoms with Crippen LogP contribution in [-0.4, -0.2) is 28.2 Å². The number of benzene rings is 2. The van der Waals surface area contributed by atoms with E-state index in [4.69, 9.17) is 0 Å². The zero-order valence-corrected chi connectivity index (χ0v) is 15.3. The van der Waals surface area contributed by atoms with Gasteiger partial charge in [-0.3, -0.25) is 9.59 Å². The highest BCUT2D eigenvalue weighted by atomic mass is 19.1. The number of carbonyl (C=O) groups is 2. The minimum absolute atomic E-state index is 0.0486. The van der Waals surface area contributed by atoms with Crippen molar-refractivity contribution in [3.8, 4) is 0 Å². The summed E-state index contributed by atoms with van der Waals surface area (Å²) in [6, 6.07) is 14.9. The van der Waals surface area contributed by atoms with Crippen molar-refractivity contribution in [3.63, 3.8) is 0 Å². The van der Waals surface area contributed by atoms with E-state index in [1.807, 2.05) is 0 Å². The van der Waals surface area contributed by atoms with Crippen LogP contribution in [0.1, 0.15) is 33.3 Å². The van der Waals surface area contributed by atoms with E-state index >= 15 is 0 Å². The van der Waals surface area contributed by atoms with Crippen molar-refractivity contribution in [2.45, 2.75) is 13.3 Å². The molecule has 28 heavy (non-hydrogen) atoms. The Hall–Kier alpha value is -3.61. The number of hydrogen-bond donors (Lipinski definition) is 2. The zero-order valence-electron chi connectivity index (χ0n) is 15.3. The zero-order chi connectivity index (χ0) is 19.9. The Kier molecular flexibility index (Phi) is 6.06. The Labute approximate surface area is 161 Å². The van der Waals surface area contributed by atoms with Crippen LogP contribution in [-0.2, 0) is 6.42 Å². The van der Waals surface area contributed by atoms with E-state index in [2.05, 4.69) is 20.6 Å². The van der Waals surface area contributed by atoms with Crippen molar-refractivity contribution in [2.24, 2.45) is 0 Å². The van der Waals surface area contributed by atoms with Gasteiger partial charge in [-0.05, 0) is 43.2 Å². The Bertz CT molecular complexity index is 1010. The first-order chi connectivity index (χ1) is 13.5. The Morgan fingerprint density at radius 2 is 1.89 bits per heavy atom. The normalized spacial score (nSPS) is 10.4. The van der Waals surface area contributed by atoms with Crippen LogP contribution in [0.5, 0.6) is 0 Å². The van der Waals surface area contributed by atoms with Crippen LogP contribution < -0.4 is 10.6 Å². The third-order valence-electron chi connectivity index (χ3n) is 4.05. The Morgan fingerprint density at radius 3 is 2.68 bits per heavy atom. The van der Waals surface area contributed by atoms with Gasteiger partial charge in [-0.2, -0.15) is 0 Å². The lowest BCUT2D eigenvalue weighted by Gasteiger charge is -2.08. The summed E-state index contributed by atoms with van der Waals surface area (Å²) in [5, 5.41) is 5.70. The maximum atomic E-state index is 13.6. The first-order valence-corrected chi connectivity index (χ1v) is 8.75. The molecular formula is C21H19FN4O2. The van der Waals surface area contributed by atoms with Crippen molar-refractivity contribution in [1.82, 2.24) is 15.3 Å². The lowest BCUT2D eigenvalue weighted by molar-refractivity contribution is 0.0948. The summed E-state index contributed by atoms with van der Waals surface area (Å²) in [7, 11) is 0. The molecule has 1 amide bonds. The van der Waals surface area contributed by atoms with Crippen molar-refractivity contribution >= 4 is 23.3 Å². The molecule has 0 bridgehead atoms. The first-order valence-electron chi connectivity index (χ1n) is 8.75. The molecule has 0 fully saturated rings. The molecule has 3 aromatic rings. The molecule has 0 atom stereocenters. The predicted molar refractivity (Wildman–Crippen MR) is 104 cm³/mol. The molecule has 0 spiro atoms. The highest BCUT2D eigenvalue weighted by Gasteiger charge is 2.10. The standard InChI is InChI=1S/C21H19FN4O2/c1-14(27)16-6-4-7-17(13-16)25-21-24-12-10-19(26-21)20(28)23-11-9-15-5-2-3-8-18(15)22/h2-8,10,12-13H,9,11H2,1H3,(H,23,28)(H,24,25,26). The lowest BCUT2D eigenvalue weighted by atomic mass is 10.1. The van der Waals surface area contributed by atoms with Crippen LogP contribution in [0.3, 0.4) is 0 Å². The number of Topliss-reactive ketones (excluding diaryl/α,β-unsaturated/α-hetero) is 1. The molecular weight excluding hydrogens is 359 g/mol. The van der Waals surface area contributed by atoms with Crippen LogP contribution >= 0.6 is 0 Å². The topological polar surface area (TPSA) is 84.0 Å². The monoisotopic (exact) mass is 378 g/mol. The number of ketones is 1. The van der Waals surface area contributed by atoms with Crippen LogP contribution in [0.25, 0.3) is 0 Å². The van der Waals surface area contributed by atoms with E-state index in [9.17, 15) is 14.0 Å². The third kappa shape index (κ3) is 4.97. The second-order valence-corrected chi connectivity index (χ2v) is 6.12. The van der Waals surface area contributed by atoms with Gasteiger partial charge < -0.3 is 10.6 Å². The fourth-order valence-electron chi connectivity index (χ4n) is 2.59. The van der Waals surface area contributed by atoms with Crippen LogP contribution in [0, 0.1) is 5.82 Å². The quantitative estimate of drug-likeness (QED) is 0.615. The van der Waals surface area contributed by atoms with Gasteiger partial charge in [-0.25, -0.2) is 14.4 Å². The number of nitrogens with one attached hydrogen (secondary N) is 2. The number of rotatable bonds is 7. The van der Waals surface area contributed by atoms with Crippen molar-refractivity contribution in [3.05, 3.63) is 83.4 Å². The van der Waals surface area contributed by atoms with Gasteiger partial charge in [-0.15, -0.1) is 0 Å². The summed E-state index contributed by atoms with van der Waals surface area (Å²) in [5.41, 5.74) is 1.93. The van der Waals surface area contributed by atoms with Gasteiger partial charge in [-0.1, -0.05) is 30.3 Å². The van der Waals surface area contributed by atoms with E-state index in [-0.39, 0.29) is 35.7 Å². The molecule has 0 radical (unpaired) electrons. The van der Waals surface area contributed by atoms with Gasteiger partial charge in [0.15, 0.2) is 5.78 Å². The van der Waals surface area contributed by atoms with Gasteiger partial charge in [0.05, 0.1) is 0 Å². The van der Waals surface area contributed by atoms with Crippen molar-refractivity contribution < 1.29 is 14.0 Å². The predicted octanol–water partition coefficient (Wildman–Crippen LogP) is 3.53. The molecule has 1 heterocycles. The fraction of sp³-hybridized carbons (Fsp3) is 0.143. The molecule has 0 saturated carbocycles. The molecule has 7 heteroatoms. The second kappa shape index (κ2) is 8.85. The summed E-state index contributed by atoms with van der Waals surface area (Å²) in [4.78, 5) is 32.1. The minimum atomic E-state index is -0.376. The highest BCUT2D eigenvalue weighted by molar-refractivity contribution is 5.95. The van der Waals surface area contributed by atoms with Crippen molar-refractivity contribution in [1.29, 1.82) is 0 Å². The van der Waals surface area contributed by atoms with E-state index in [0.29, 0.717) is 23.2 Å². The SMILES string of the molecule is CC(=O)c1cccc(Nc2nccc(C(=O)NCCc3ccccc3F)n2)c1. The van der Waals surface area contributed by atoms with Gasteiger partial charge >= 0.3 is 0 Å². The van der Waals surface area contributed by atoms with Crippen LogP contribution in [0.15, 0.2) is 60.8 Å². The summed E-state index contributed by atoms with van der Waals surface area (Å²) in [5.74, 6) is -0.479. The largest absolute Gasteiger partial charge is 0.350 e. The van der Waals surface area contributed by atoms with Gasteiger partial charge in [0.1, 0.15) is 11.5 Å². The van der Waals surface area contributed by atoms with E-state index in [1.54, 1.807) is 42.5 Å². The van der Waals surface area contributed by atoms with E-state index in [1.165, 1.54) is 25.3 Å². The first kappa shape index (κ1) is 19.2. The van der Waals surface area contributed by atoms with Gasteiger partial charge in [0.25, 0.3) is 5.91 Å².